The van der Waals surface area contributed by atoms with E-state index in [1.54, 1.807) is 0 Å². The molecule has 1 aliphatic carbocycles. The molecule has 0 aromatic carbocycles. The first-order valence-corrected chi connectivity index (χ1v) is 6.77. The summed E-state index contributed by atoms with van der Waals surface area (Å²) in [6, 6.07) is 0.871. The lowest BCUT2D eigenvalue weighted by Gasteiger charge is -2.28. The number of hydrogen-bond acceptors (Lipinski definition) is 3. The van der Waals surface area contributed by atoms with Crippen molar-refractivity contribution >= 4 is 0 Å². The van der Waals surface area contributed by atoms with Gasteiger partial charge in [0.15, 0.2) is 0 Å². The van der Waals surface area contributed by atoms with E-state index in [9.17, 15) is 5.11 Å². The van der Waals surface area contributed by atoms with Crippen molar-refractivity contribution in [2.75, 3.05) is 13.2 Å². The number of nitrogens with one attached hydrogen (secondary N) is 1. The lowest BCUT2D eigenvalue weighted by atomic mass is 9.93. The van der Waals surface area contributed by atoms with Gasteiger partial charge in [-0.15, -0.1) is 0 Å². The molecule has 2 fully saturated rings. The maximum atomic E-state index is 9.76. The van der Waals surface area contributed by atoms with Crippen LogP contribution < -0.4 is 5.32 Å². The number of aliphatic hydroxyl groups is 1. The molecule has 2 rings (SSSR count). The Balaban J connectivity index is 1.68. The van der Waals surface area contributed by atoms with Crippen LogP contribution in [0.15, 0.2) is 0 Å². The van der Waals surface area contributed by atoms with Crippen molar-refractivity contribution in [1.29, 1.82) is 0 Å². The summed E-state index contributed by atoms with van der Waals surface area (Å²) in [4.78, 5) is 0. The first-order valence-electron chi connectivity index (χ1n) is 6.77. The number of hydrogen-bond donors (Lipinski definition) is 2. The molecular formula is C13H25NO2. The van der Waals surface area contributed by atoms with Crippen LogP contribution in [0.3, 0.4) is 0 Å². The molecule has 3 atom stereocenters. The highest BCUT2D eigenvalue weighted by Crippen LogP contribution is 2.23. The van der Waals surface area contributed by atoms with E-state index in [1.807, 2.05) is 0 Å². The van der Waals surface area contributed by atoms with Crippen molar-refractivity contribution in [1.82, 2.24) is 5.32 Å². The molecule has 3 heteroatoms. The van der Waals surface area contributed by atoms with E-state index in [0.29, 0.717) is 12.1 Å². The largest absolute Gasteiger partial charge is 0.392 e. The molecule has 1 saturated heterocycles. The van der Waals surface area contributed by atoms with Crippen LogP contribution in [0.4, 0.5) is 0 Å². The Morgan fingerprint density at radius 2 is 2.00 bits per heavy atom. The van der Waals surface area contributed by atoms with Gasteiger partial charge in [-0.25, -0.2) is 0 Å². The summed E-state index contributed by atoms with van der Waals surface area (Å²) in [5.74, 6) is 0.815. The summed E-state index contributed by atoms with van der Waals surface area (Å²) in [6.45, 7) is 4.12. The molecule has 3 nitrogen and oxygen atoms in total. The molecular weight excluding hydrogens is 202 g/mol. The van der Waals surface area contributed by atoms with Gasteiger partial charge in [-0.1, -0.05) is 0 Å². The fourth-order valence-corrected chi connectivity index (χ4v) is 3.05. The Hall–Kier alpha value is -0.120. The summed E-state index contributed by atoms with van der Waals surface area (Å²) in [7, 11) is 0. The predicted octanol–water partition coefficient (Wildman–Crippen LogP) is 1.69. The molecule has 0 radical (unpaired) electrons. The molecule has 3 unspecified atom stereocenters. The minimum atomic E-state index is -0.114. The van der Waals surface area contributed by atoms with Crippen LogP contribution in [0.5, 0.6) is 0 Å². The van der Waals surface area contributed by atoms with Crippen LogP contribution in [0.2, 0.25) is 0 Å². The average molecular weight is 227 g/mol. The van der Waals surface area contributed by atoms with Gasteiger partial charge >= 0.3 is 0 Å². The highest BCUT2D eigenvalue weighted by molar-refractivity contribution is 4.85. The molecule has 0 spiro atoms. The van der Waals surface area contributed by atoms with E-state index >= 15 is 0 Å². The second-order valence-corrected chi connectivity index (χ2v) is 5.46. The maximum absolute atomic E-state index is 9.76. The Morgan fingerprint density at radius 1 is 1.25 bits per heavy atom. The van der Waals surface area contributed by atoms with Crippen molar-refractivity contribution in [2.45, 2.75) is 63.6 Å². The predicted molar refractivity (Wildman–Crippen MR) is 64.4 cm³/mol. The Kier molecular flexibility index (Phi) is 4.62. The summed E-state index contributed by atoms with van der Waals surface area (Å²) in [5.41, 5.74) is 0. The summed E-state index contributed by atoms with van der Waals surface area (Å²) >= 11 is 0. The van der Waals surface area contributed by atoms with Crippen LogP contribution in [0.25, 0.3) is 0 Å². The molecule has 2 N–H and O–H groups in total. The average Bonchev–Trinajstić information content (AvgIpc) is 2.66. The first kappa shape index (κ1) is 12.3. The molecule has 94 valence electrons. The summed E-state index contributed by atoms with van der Waals surface area (Å²) < 4.78 is 5.37. The standard InChI is InChI=1S/C13H25NO2/c1-10(9-11-5-7-16-8-6-11)14-12-3-2-4-13(12)15/h10-15H,2-9H2,1H3. The SMILES string of the molecule is CC(CC1CCOCC1)NC1CCCC1O. The van der Waals surface area contributed by atoms with Crippen molar-refractivity contribution in [3.05, 3.63) is 0 Å². The minimum Gasteiger partial charge on any atom is -0.392 e. The number of ether oxygens (including phenoxy) is 1. The molecule has 1 saturated carbocycles. The molecule has 0 aromatic heterocycles. The molecule has 0 aromatic rings. The molecule has 1 aliphatic heterocycles. The second-order valence-electron chi connectivity index (χ2n) is 5.46. The van der Waals surface area contributed by atoms with E-state index in [4.69, 9.17) is 4.74 Å². The van der Waals surface area contributed by atoms with Crippen LogP contribution in [-0.2, 0) is 4.74 Å². The van der Waals surface area contributed by atoms with Gasteiger partial charge in [0.25, 0.3) is 0 Å². The lowest BCUT2D eigenvalue weighted by Crippen LogP contribution is -2.42. The molecule has 1 heterocycles. The summed E-state index contributed by atoms with van der Waals surface area (Å²) in [5, 5.41) is 13.3. The second kappa shape index (κ2) is 5.99. The van der Waals surface area contributed by atoms with E-state index in [0.717, 1.165) is 32.0 Å². The minimum absolute atomic E-state index is 0.114. The van der Waals surface area contributed by atoms with Crippen LogP contribution in [-0.4, -0.2) is 36.5 Å². The number of rotatable bonds is 4. The van der Waals surface area contributed by atoms with Gasteiger partial charge in [0.1, 0.15) is 0 Å². The van der Waals surface area contributed by atoms with E-state index in [1.165, 1.54) is 25.7 Å². The van der Waals surface area contributed by atoms with Crippen molar-refractivity contribution < 1.29 is 9.84 Å². The van der Waals surface area contributed by atoms with E-state index < -0.39 is 0 Å². The van der Waals surface area contributed by atoms with Gasteiger partial charge in [0, 0.05) is 25.3 Å². The zero-order valence-electron chi connectivity index (χ0n) is 10.3. The third-order valence-corrected chi connectivity index (χ3v) is 4.01. The highest BCUT2D eigenvalue weighted by Gasteiger charge is 2.27. The fourth-order valence-electron chi connectivity index (χ4n) is 3.05. The molecule has 0 amide bonds. The van der Waals surface area contributed by atoms with E-state index in [-0.39, 0.29) is 6.10 Å². The monoisotopic (exact) mass is 227 g/mol. The van der Waals surface area contributed by atoms with Crippen LogP contribution >= 0.6 is 0 Å². The van der Waals surface area contributed by atoms with Gasteiger partial charge in [0.2, 0.25) is 0 Å². The van der Waals surface area contributed by atoms with Crippen LogP contribution in [0, 0.1) is 5.92 Å². The Bertz CT molecular complexity index is 204. The normalized spacial score (nSPS) is 34.1. The van der Waals surface area contributed by atoms with Crippen molar-refractivity contribution in [2.24, 2.45) is 5.92 Å². The Morgan fingerprint density at radius 3 is 2.62 bits per heavy atom. The Labute approximate surface area is 98.6 Å². The van der Waals surface area contributed by atoms with Gasteiger partial charge in [0.05, 0.1) is 6.10 Å². The molecule has 2 aliphatic rings. The van der Waals surface area contributed by atoms with Crippen LogP contribution in [0.1, 0.15) is 45.4 Å². The lowest BCUT2D eigenvalue weighted by molar-refractivity contribution is 0.0594. The third kappa shape index (κ3) is 3.44. The molecule has 16 heavy (non-hydrogen) atoms. The first-order chi connectivity index (χ1) is 7.75. The zero-order chi connectivity index (χ0) is 11.4. The topological polar surface area (TPSA) is 41.5 Å². The van der Waals surface area contributed by atoms with Crippen molar-refractivity contribution in [3.8, 4) is 0 Å². The molecule has 0 bridgehead atoms. The fraction of sp³-hybridized carbons (Fsp3) is 1.00. The number of aliphatic hydroxyl groups excluding tert-OH is 1. The van der Waals surface area contributed by atoms with Gasteiger partial charge in [-0.2, -0.15) is 0 Å². The zero-order valence-corrected chi connectivity index (χ0v) is 10.3. The quantitative estimate of drug-likeness (QED) is 0.768. The third-order valence-electron chi connectivity index (χ3n) is 4.01. The van der Waals surface area contributed by atoms with E-state index in [2.05, 4.69) is 12.2 Å². The van der Waals surface area contributed by atoms with Gasteiger partial charge < -0.3 is 15.2 Å². The van der Waals surface area contributed by atoms with Gasteiger partial charge in [-0.05, 0) is 51.4 Å². The maximum Gasteiger partial charge on any atom is 0.0693 e. The van der Waals surface area contributed by atoms with Gasteiger partial charge in [-0.3, -0.25) is 0 Å². The summed E-state index contributed by atoms with van der Waals surface area (Å²) in [6.07, 6.45) is 6.81. The highest BCUT2D eigenvalue weighted by atomic mass is 16.5. The smallest absolute Gasteiger partial charge is 0.0693 e. The van der Waals surface area contributed by atoms with Crippen molar-refractivity contribution in [3.63, 3.8) is 0 Å².